The number of rotatable bonds is 5. The Morgan fingerprint density at radius 1 is 1.42 bits per heavy atom. The lowest BCUT2D eigenvalue weighted by atomic mass is 9.99. The Kier molecular flexibility index (Phi) is 6.01. The Labute approximate surface area is 151 Å². The van der Waals surface area contributed by atoms with E-state index in [9.17, 15) is 14.3 Å². The zero-order valence-electron chi connectivity index (χ0n) is 14.4. The third-order valence-corrected chi connectivity index (χ3v) is 4.37. The Morgan fingerprint density at radius 3 is 3.04 bits per heavy atom. The average Bonchev–Trinajstić information content (AvgIpc) is 2.69. The van der Waals surface area contributed by atoms with E-state index in [1.54, 1.807) is 29.3 Å². The topological polar surface area (TPSA) is 74.7 Å². The Balaban J connectivity index is 1.55. The number of carbonyl (C=O) groups is 1. The molecule has 2 N–H and O–H groups in total. The zero-order chi connectivity index (χ0) is 18.4. The lowest BCUT2D eigenvalue weighted by molar-refractivity contribution is 0.129. The summed E-state index contributed by atoms with van der Waals surface area (Å²) in [4.78, 5) is 17.8. The number of halogens is 1. The molecule has 1 atom stereocenters. The summed E-state index contributed by atoms with van der Waals surface area (Å²) in [6, 6.07) is 7.80. The highest BCUT2D eigenvalue weighted by Crippen LogP contribution is 2.24. The van der Waals surface area contributed by atoms with E-state index in [2.05, 4.69) is 10.3 Å². The van der Waals surface area contributed by atoms with Crippen molar-refractivity contribution in [2.24, 2.45) is 5.92 Å². The van der Waals surface area contributed by atoms with E-state index in [4.69, 9.17) is 4.74 Å². The number of ether oxygens (including phenoxy) is 1. The highest BCUT2D eigenvalue weighted by molar-refractivity contribution is 5.74. The van der Waals surface area contributed by atoms with Gasteiger partial charge in [-0.25, -0.2) is 9.18 Å². The van der Waals surface area contributed by atoms with Crippen LogP contribution in [0.25, 0.3) is 0 Å². The molecule has 138 valence electrons. The van der Waals surface area contributed by atoms with Gasteiger partial charge in [-0.3, -0.25) is 4.98 Å². The number of urea groups is 1. The molecule has 1 saturated heterocycles. The van der Waals surface area contributed by atoms with Gasteiger partial charge in [-0.15, -0.1) is 0 Å². The van der Waals surface area contributed by atoms with Crippen LogP contribution in [-0.2, 0) is 6.54 Å². The molecule has 1 fully saturated rings. The fourth-order valence-corrected chi connectivity index (χ4v) is 2.96. The van der Waals surface area contributed by atoms with Crippen LogP contribution in [0, 0.1) is 11.7 Å². The van der Waals surface area contributed by atoms with E-state index in [0.29, 0.717) is 24.4 Å². The zero-order valence-corrected chi connectivity index (χ0v) is 14.4. The molecule has 1 aliphatic rings. The number of hydrogen-bond donors (Lipinski definition) is 2. The summed E-state index contributed by atoms with van der Waals surface area (Å²) in [7, 11) is 0. The number of amides is 2. The van der Waals surface area contributed by atoms with Crippen LogP contribution in [0.1, 0.15) is 18.4 Å². The smallest absolute Gasteiger partial charge is 0.317 e. The van der Waals surface area contributed by atoms with Crippen LogP contribution >= 0.6 is 0 Å². The van der Waals surface area contributed by atoms with Crippen LogP contribution in [0.3, 0.4) is 0 Å². The maximum absolute atomic E-state index is 14.2. The van der Waals surface area contributed by atoms with Crippen molar-refractivity contribution in [3.8, 4) is 11.5 Å². The number of nitrogens with zero attached hydrogens (tertiary/aromatic N) is 2. The highest BCUT2D eigenvalue weighted by Gasteiger charge is 2.22. The molecule has 2 heterocycles. The molecule has 7 heteroatoms. The molecule has 1 aromatic heterocycles. The van der Waals surface area contributed by atoms with Gasteiger partial charge in [0.05, 0.1) is 6.20 Å². The Bertz CT molecular complexity index is 742. The van der Waals surface area contributed by atoms with Gasteiger partial charge in [0.25, 0.3) is 0 Å². The number of likely N-dealkylation sites (tertiary alicyclic amines) is 1. The van der Waals surface area contributed by atoms with E-state index in [-0.39, 0.29) is 30.9 Å². The summed E-state index contributed by atoms with van der Waals surface area (Å²) in [6.07, 6.45) is 4.93. The van der Waals surface area contributed by atoms with Crippen molar-refractivity contribution >= 4 is 6.03 Å². The summed E-state index contributed by atoms with van der Waals surface area (Å²) in [6.45, 7) is 1.54. The van der Waals surface area contributed by atoms with E-state index in [1.165, 1.54) is 18.3 Å². The van der Waals surface area contributed by atoms with Gasteiger partial charge >= 0.3 is 6.03 Å². The van der Waals surface area contributed by atoms with Crippen molar-refractivity contribution in [2.75, 3.05) is 19.7 Å². The Hall–Kier alpha value is -2.67. The van der Waals surface area contributed by atoms with Gasteiger partial charge in [0, 0.05) is 32.4 Å². The molecule has 0 radical (unpaired) electrons. The molecule has 2 aromatic rings. The SMILES string of the molecule is O=C(NCc1ccc(Oc2cccnc2)c(F)c1)N1CCCC(CO)C1. The minimum Gasteiger partial charge on any atom is -0.453 e. The van der Waals surface area contributed by atoms with Crippen LogP contribution in [0.4, 0.5) is 9.18 Å². The molecule has 26 heavy (non-hydrogen) atoms. The molecule has 0 saturated carbocycles. The first-order valence-electron chi connectivity index (χ1n) is 8.65. The fourth-order valence-electron chi connectivity index (χ4n) is 2.96. The molecule has 6 nitrogen and oxygen atoms in total. The number of hydrogen-bond acceptors (Lipinski definition) is 4. The van der Waals surface area contributed by atoms with Crippen LogP contribution in [0.2, 0.25) is 0 Å². The summed E-state index contributed by atoms with van der Waals surface area (Å²) in [5, 5.41) is 12.0. The van der Waals surface area contributed by atoms with Gasteiger partial charge in [-0.05, 0) is 48.6 Å². The summed E-state index contributed by atoms with van der Waals surface area (Å²) < 4.78 is 19.7. The van der Waals surface area contributed by atoms with Crippen LogP contribution in [-0.4, -0.2) is 40.7 Å². The predicted octanol–water partition coefficient (Wildman–Crippen LogP) is 2.93. The molecule has 1 aliphatic heterocycles. The Morgan fingerprint density at radius 2 is 2.31 bits per heavy atom. The van der Waals surface area contributed by atoms with E-state index >= 15 is 0 Å². The van der Waals surface area contributed by atoms with Crippen molar-refractivity contribution in [1.29, 1.82) is 0 Å². The largest absolute Gasteiger partial charge is 0.453 e. The minimum atomic E-state index is -0.501. The average molecular weight is 359 g/mol. The predicted molar refractivity (Wildman–Crippen MR) is 94.3 cm³/mol. The second-order valence-electron chi connectivity index (χ2n) is 6.35. The van der Waals surface area contributed by atoms with Crippen molar-refractivity contribution in [3.05, 3.63) is 54.1 Å². The van der Waals surface area contributed by atoms with Crippen molar-refractivity contribution < 1.29 is 19.0 Å². The fraction of sp³-hybridized carbons (Fsp3) is 0.368. The first-order valence-corrected chi connectivity index (χ1v) is 8.65. The van der Waals surface area contributed by atoms with Gasteiger partial charge in [0.15, 0.2) is 11.6 Å². The molecule has 1 unspecified atom stereocenters. The first-order chi connectivity index (χ1) is 12.7. The summed E-state index contributed by atoms with van der Waals surface area (Å²) >= 11 is 0. The van der Waals surface area contributed by atoms with E-state index in [0.717, 1.165) is 12.8 Å². The molecule has 1 aromatic carbocycles. The van der Waals surface area contributed by atoms with Crippen LogP contribution in [0.5, 0.6) is 11.5 Å². The van der Waals surface area contributed by atoms with Gasteiger partial charge < -0.3 is 20.1 Å². The molecular weight excluding hydrogens is 337 g/mol. The third kappa shape index (κ3) is 4.70. The number of pyridine rings is 1. The molecule has 0 spiro atoms. The maximum Gasteiger partial charge on any atom is 0.317 e. The number of nitrogens with one attached hydrogen (secondary N) is 1. The number of aliphatic hydroxyl groups is 1. The summed E-state index contributed by atoms with van der Waals surface area (Å²) in [5.41, 5.74) is 0.644. The monoisotopic (exact) mass is 359 g/mol. The van der Waals surface area contributed by atoms with Gasteiger partial charge in [-0.2, -0.15) is 0 Å². The number of carbonyl (C=O) groups excluding carboxylic acids is 1. The quantitative estimate of drug-likeness (QED) is 0.861. The van der Waals surface area contributed by atoms with Crippen molar-refractivity contribution in [1.82, 2.24) is 15.2 Å². The normalized spacial score (nSPS) is 17.0. The van der Waals surface area contributed by atoms with Gasteiger partial charge in [0.2, 0.25) is 0 Å². The molecule has 0 bridgehead atoms. The molecular formula is C19H22FN3O3. The maximum atomic E-state index is 14.2. The number of benzene rings is 1. The second kappa shape index (κ2) is 8.62. The van der Waals surface area contributed by atoms with Crippen LogP contribution < -0.4 is 10.1 Å². The van der Waals surface area contributed by atoms with E-state index < -0.39 is 5.82 Å². The second-order valence-corrected chi connectivity index (χ2v) is 6.35. The highest BCUT2D eigenvalue weighted by atomic mass is 19.1. The molecule has 3 rings (SSSR count). The third-order valence-electron chi connectivity index (χ3n) is 4.37. The lowest BCUT2D eigenvalue weighted by Crippen LogP contribution is -2.45. The number of aliphatic hydroxyl groups excluding tert-OH is 1. The van der Waals surface area contributed by atoms with Crippen LogP contribution in [0.15, 0.2) is 42.7 Å². The minimum absolute atomic E-state index is 0.0907. The molecule has 0 aliphatic carbocycles. The lowest BCUT2D eigenvalue weighted by Gasteiger charge is -2.31. The standard InChI is InChI=1S/C19H22FN3O3/c20-17-9-14(5-6-18(17)26-16-4-1-7-21-11-16)10-22-19(25)23-8-2-3-15(12-23)13-24/h1,4-7,9,11,15,24H,2-3,8,10,12-13H2,(H,22,25). The first kappa shape index (κ1) is 18.1. The van der Waals surface area contributed by atoms with E-state index in [1.807, 2.05) is 0 Å². The number of piperidine rings is 1. The van der Waals surface area contributed by atoms with Gasteiger partial charge in [-0.1, -0.05) is 6.07 Å². The van der Waals surface area contributed by atoms with Crippen molar-refractivity contribution in [2.45, 2.75) is 19.4 Å². The molecule has 2 amide bonds. The van der Waals surface area contributed by atoms with Crippen molar-refractivity contribution in [3.63, 3.8) is 0 Å². The number of aromatic nitrogens is 1. The summed E-state index contributed by atoms with van der Waals surface area (Å²) in [5.74, 6) is 0.195. The van der Waals surface area contributed by atoms with Gasteiger partial charge in [0.1, 0.15) is 5.75 Å².